The number of fused-ring (bicyclic) bond motifs is 5. The first-order valence-corrected chi connectivity index (χ1v) is 20.1. The molecule has 5 aliphatic rings. The molecule has 3 aliphatic carbocycles. The Morgan fingerprint density at radius 2 is 1.50 bits per heavy atom. The number of hydrogen-bond donors (Lipinski definition) is 1. The van der Waals surface area contributed by atoms with E-state index in [9.17, 15) is 19.5 Å². The molecule has 8 rings (SSSR count). The molecule has 0 aromatic heterocycles. The SMILES string of the molecule is CC(=O)O[C@@]12CO[C@@H]1C[C@H](C)[C@@]1(C)C(=O)[C@H](C)C3=C(C)[C@@H](OC(=O)[C@@H]4OC(c5ccccc5)=N[C@H]4c4ccccc4)C[C@@](O)([C@@H](OC(=O)c4ccccc4)[C@H]21)C3(C)C. The van der Waals surface area contributed by atoms with E-state index in [-0.39, 0.29) is 30.3 Å². The highest BCUT2D eigenvalue weighted by atomic mass is 16.6. The quantitative estimate of drug-likeness (QED) is 0.155. The van der Waals surface area contributed by atoms with Gasteiger partial charge in [-0.2, -0.15) is 0 Å². The van der Waals surface area contributed by atoms with E-state index in [4.69, 9.17) is 28.7 Å². The smallest absolute Gasteiger partial charge is 0.350 e. The van der Waals surface area contributed by atoms with Crippen molar-refractivity contribution in [2.45, 2.75) is 103 Å². The molecule has 2 saturated carbocycles. The zero-order valence-corrected chi connectivity index (χ0v) is 34.0. The zero-order chi connectivity index (χ0) is 41.4. The Balaban J connectivity index is 1.26. The molecule has 11 heteroatoms. The van der Waals surface area contributed by atoms with Gasteiger partial charge in [-0.25, -0.2) is 14.6 Å². The van der Waals surface area contributed by atoms with Gasteiger partial charge in [-0.05, 0) is 60.2 Å². The minimum absolute atomic E-state index is 0.0500. The fraction of sp³-hybridized carbons (Fsp3) is 0.468. The van der Waals surface area contributed by atoms with E-state index in [0.29, 0.717) is 29.0 Å². The summed E-state index contributed by atoms with van der Waals surface area (Å²) in [6.45, 7) is 12.4. The second kappa shape index (κ2) is 14.3. The molecule has 11 atom stereocenters. The number of carbonyl (C=O) groups is 4. The maximum atomic E-state index is 15.4. The largest absolute Gasteiger partial charge is 0.459 e. The van der Waals surface area contributed by atoms with Gasteiger partial charge in [0.25, 0.3) is 0 Å². The average molecular weight is 790 g/mol. The average Bonchev–Trinajstić information content (AvgIpc) is 3.66. The van der Waals surface area contributed by atoms with Gasteiger partial charge in [0.15, 0.2) is 5.60 Å². The van der Waals surface area contributed by atoms with Crippen LogP contribution in [0.2, 0.25) is 0 Å². The van der Waals surface area contributed by atoms with Crippen LogP contribution in [0.3, 0.4) is 0 Å². The molecule has 3 fully saturated rings. The maximum absolute atomic E-state index is 15.4. The number of nitrogens with zero attached hydrogens (tertiary/aromatic N) is 1. The Morgan fingerprint density at radius 3 is 2.10 bits per heavy atom. The fourth-order valence-electron chi connectivity index (χ4n) is 11.0. The highest BCUT2D eigenvalue weighted by Crippen LogP contribution is 2.66. The Labute approximate surface area is 338 Å². The molecular formula is C47H51NO10. The number of benzene rings is 3. The van der Waals surface area contributed by atoms with Crippen molar-refractivity contribution in [1.82, 2.24) is 0 Å². The summed E-state index contributed by atoms with van der Waals surface area (Å²) in [4.78, 5) is 62.2. The van der Waals surface area contributed by atoms with Crippen molar-refractivity contribution >= 4 is 29.6 Å². The van der Waals surface area contributed by atoms with Crippen molar-refractivity contribution in [1.29, 1.82) is 0 Å². The molecular weight excluding hydrogens is 739 g/mol. The van der Waals surface area contributed by atoms with Gasteiger partial charge in [-0.3, -0.25) is 9.59 Å². The molecule has 304 valence electrons. The van der Waals surface area contributed by atoms with Crippen molar-refractivity contribution in [2.24, 2.45) is 33.6 Å². The van der Waals surface area contributed by atoms with E-state index >= 15 is 4.79 Å². The number of hydrogen-bond acceptors (Lipinski definition) is 11. The maximum Gasteiger partial charge on any atom is 0.350 e. The van der Waals surface area contributed by atoms with Crippen LogP contribution in [0.15, 0.2) is 107 Å². The summed E-state index contributed by atoms with van der Waals surface area (Å²) in [7, 11) is 0. The monoisotopic (exact) mass is 789 g/mol. The summed E-state index contributed by atoms with van der Waals surface area (Å²) in [5.41, 5.74) is -2.95. The third-order valence-electron chi connectivity index (χ3n) is 14.1. The van der Waals surface area contributed by atoms with Gasteiger partial charge >= 0.3 is 17.9 Å². The summed E-state index contributed by atoms with van der Waals surface area (Å²) >= 11 is 0. The van der Waals surface area contributed by atoms with Crippen LogP contribution in [0, 0.1) is 28.6 Å². The van der Waals surface area contributed by atoms with Gasteiger partial charge in [0.1, 0.15) is 35.7 Å². The third kappa shape index (κ3) is 5.95. The number of ether oxygens (including phenoxy) is 5. The number of Topliss-reactive ketones (excluding diaryl/α,β-unsaturated/α-hetero) is 1. The number of carbonyl (C=O) groups excluding carboxylic acids is 4. The molecule has 3 aromatic carbocycles. The number of aliphatic imine (C=N–C) groups is 1. The lowest BCUT2D eigenvalue weighted by Gasteiger charge is -2.68. The van der Waals surface area contributed by atoms with Crippen molar-refractivity contribution in [3.05, 3.63) is 119 Å². The van der Waals surface area contributed by atoms with Crippen molar-refractivity contribution in [3.8, 4) is 0 Å². The lowest BCUT2D eigenvalue weighted by Crippen LogP contribution is -2.80. The highest BCUT2D eigenvalue weighted by Gasteiger charge is 2.77. The first kappa shape index (κ1) is 39.7. The molecule has 58 heavy (non-hydrogen) atoms. The first-order valence-electron chi connectivity index (χ1n) is 20.1. The summed E-state index contributed by atoms with van der Waals surface area (Å²) in [5, 5.41) is 13.7. The van der Waals surface area contributed by atoms with E-state index in [0.717, 1.165) is 5.56 Å². The molecule has 2 bridgehead atoms. The van der Waals surface area contributed by atoms with Gasteiger partial charge < -0.3 is 28.8 Å². The van der Waals surface area contributed by atoms with Crippen LogP contribution in [0.25, 0.3) is 0 Å². The Morgan fingerprint density at radius 1 is 0.879 bits per heavy atom. The number of aliphatic hydroxyl groups is 1. The summed E-state index contributed by atoms with van der Waals surface area (Å²) in [5.74, 6) is -4.01. The van der Waals surface area contributed by atoms with Gasteiger partial charge in [0, 0.05) is 35.7 Å². The van der Waals surface area contributed by atoms with Gasteiger partial charge in [0.05, 0.1) is 18.1 Å². The first-order chi connectivity index (χ1) is 27.5. The lowest BCUT2D eigenvalue weighted by molar-refractivity contribution is -0.339. The molecule has 0 radical (unpaired) electrons. The van der Waals surface area contributed by atoms with Crippen molar-refractivity contribution in [3.63, 3.8) is 0 Å². The third-order valence-corrected chi connectivity index (χ3v) is 14.1. The van der Waals surface area contributed by atoms with Crippen molar-refractivity contribution in [2.75, 3.05) is 6.61 Å². The minimum Gasteiger partial charge on any atom is -0.459 e. The molecule has 11 nitrogen and oxygen atoms in total. The number of rotatable bonds is 7. The normalized spacial score (nSPS) is 36.1. The van der Waals surface area contributed by atoms with Gasteiger partial charge in [-0.15, -0.1) is 0 Å². The predicted octanol–water partition coefficient (Wildman–Crippen LogP) is 6.77. The van der Waals surface area contributed by atoms with E-state index in [2.05, 4.69) is 0 Å². The lowest BCUT2D eigenvalue weighted by atomic mass is 9.42. The molecule has 0 spiro atoms. The Hall–Kier alpha value is -5.13. The molecule has 1 N–H and O–H groups in total. The Kier molecular flexibility index (Phi) is 9.79. The molecule has 0 amide bonds. The van der Waals surface area contributed by atoms with E-state index < -0.39 is 82.2 Å². The van der Waals surface area contributed by atoms with Crippen LogP contribution in [0.1, 0.15) is 88.8 Å². The van der Waals surface area contributed by atoms with Crippen LogP contribution in [0.4, 0.5) is 0 Å². The molecule has 2 aliphatic heterocycles. The Bertz CT molecular complexity index is 2190. The van der Waals surface area contributed by atoms with Gasteiger partial charge in [0.2, 0.25) is 12.0 Å². The number of ketones is 1. The summed E-state index contributed by atoms with van der Waals surface area (Å²) in [6, 6.07) is 26.4. The van der Waals surface area contributed by atoms with Crippen LogP contribution >= 0.6 is 0 Å². The van der Waals surface area contributed by atoms with Crippen LogP contribution in [-0.2, 0) is 38.1 Å². The van der Waals surface area contributed by atoms with Crippen molar-refractivity contribution < 1.29 is 48.0 Å². The zero-order valence-electron chi connectivity index (χ0n) is 34.0. The van der Waals surface area contributed by atoms with E-state index in [1.807, 2.05) is 102 Å². The molecule has 0 unspecified atom stereocenters. The fourth-order valence-corrected chi connectivity index (χ4v) is 11.0. The molecule has 2 heterocycles. The minimum atomic E-state index is -1.98. The molecule has 3 aromatic rings. The topological polar surface area (TPSA) is 147 Å². The second-order valence-corrected chi connectivity index (χ2v) is 17.5. The predicted molar refractivity (Wildman–Crippen MR) is 212 cm³/mol. The number of esters is 3. The standard InChI is InChI=1S/C47H51NO10/c1-26-23-34-46(25-54-34,58-29(4)49)38-40(57-42(51)32-21-15-10-16-22-32)47(53)24-33(27(2)35(44(47,5)6)28(3)39(50)45(26,38)7)55-43(52)37-36(30-17-11-8-12-18-30)48-41(56-37)31-19-13-9-14-20-31/h8-22,26,28,33-34,36-38,40,53H,23-25H2,1-7H3/t26-,28+,33-,34+,36-,37+,38-,40-,45+,46-,47+/m0/s1. The molecule has 1 saturated heterocycles. The van der Waals surface area contributed by atoms with Crippen LogP contribution < -0.4 is 0 Å². The van der Waals surface area contributed by atoms with Gasteiger partial charge in [-0.1, -0.05) is 101 Å². The summed E-state index contributed by atoms with van der Waals surface area (Å²) < 4.78 is 31.7. The summed E-state index contributed by atoms with van der Waals surface area (Å²) in [6.07, 6.45) is -4.08. The second-order valence-electron chi connectivity index (χ2n) is 17.5. The van der Waals surface area contributed by atoms with E-state index in [1.54, 1.807) is 30.3 Å². The van der Waals surface area contributed by atoms with Crippen LogP contribution in [0.5, 0.6) is 0 Å². The van der Waals surface area contributed by atoms with E-state index in [1.165, 1.54) is 6.92 Å². The highest BCUT2D eigenvalue weighted by molar-refractivity contribution is 5.98. The van der Waals surface area contributed by atoms with Crippen LogP contribution in [-0.4, -0.2) is 76.9 Å².